The number of rotatable bonds is 0. The molecule has 0 aromatic carbocycles. The molecule has 0 aliphatic rings. The van der Waals surface area contributed by atoms with Gasteiger partial charge in [-0.3, -0.25) is 0 Å². The monoisotopic (exact) mass is 664 g/mol. The Balaban J connectivity index is -0.0000000169. The van der Waals surface area contributed by atoms with Crippen LogP contribution in [0.1, 0.15) is 0 Å². The second-order valence-electron chi connectivity index (χ2n) is 9.00. The van der Waals surface area contributed by atoms with E-state index >= 15 is 0 Å². The molecule has 0 spiro atoms. The molecule has 0 aromatic rings. The Morgan fingerprint density at radius 3 is 0.214 bits per heavy atom. The molecule has 0 aliphatic carbocycles. The summed E-state index contributed by atoms with van der Waals surface area (Å²) in [6.07, 6.45) is 0. The van der Waals surface area contributed by atoms with Crippen LogP contribution in [0.4, 0.5) is 0 Å². The molecule has 0 aromatic heterocycles. The van der Waals surface area contributed by atoms with E-state index in [1.807, 2.05) is 0 Å². The second-order valence-corrected chi connectivity index (χ2v) is 27.0. The summed E-state index contributed by atoms with van der Waals surface area (Å²) in [4.78, 5) is 0. The maximum absolute atomic E-state index is 2.27. The fraction of sp³-hybridized carbons (Fsp3) is 1.00. The molecule has 0 saturated heterocycles. The van der Waals surface area contributed by atoms with Gasteiger partial charge in [0.25, 0.3) is 0 Å². The van der Waals surface area contributed by atoms with Crippen LogP contribution in [0.25, 0.3) is 0 Å². The van der Waals surface area contributed by atoms with E-state index in [0.29, 0.717) is 0 Å². The van der Waals surface area contributed by atoms with Gasteiger partial charge in [-0.05, 0) is 0 Å². The van der Waals surface area contributed by atoms with Gasteiger partial charge in [0.05, 0.1) is 0 Å². The van der Waals surface area contributed by atoms with Crippen LogP contribution in [0.3, 0.4) is 0 Å². The van der Waals surface area contributed by atoms with E-state index in [0.717, 1.165) is 0 Å². The molecule has 0 rings (SSSR count). The predicted octanol–water partition coefficient (Wildman–Crippen LogP) is 1.47. The Bertz CT molecular complexity index is 115. The number of hydrogen-bond acceptors (Lipinski definition) is 0. The summed E-state index contributed by atoms with van der Waals surface area (Å²) in [5, 5.41) is 0. The second kappa shape index (κ2) is 58.5. The summed E-state index contributed by atoms with van der Waals surface area (Å²) in [6.45, 7) is 40.8. The van der Waals surface area contributed by atoms with E-state index in [2.05, 4.69) is 118 Å². The predicted molar refractivity (Wildman–Crippen MR) is 152 cm³/mol. The molecule has 0 unspecified atom stereocenters. The van der Waals surface area contributed by atoms with Gasteiger partial charge < -0.3 is 0 Å². The van der Waals surface area contributed by atoms with Gasteiger partial charge in [-0.25, -0.2) is 0 Å². The molecule has 14 radical (unpaired) electrons. The van der Waals surface area contributed by atoms with Crippen molar-refractivity contribution >= 4 is 88.0 Å². The Morgan fingerprint density at radius 1 is 0.214 bits per heavy atom. The molecular formula is C18H54Ge2K2Si6+2. The SMILES string of the molecule is C[Si](C)C.C[Si](C)C.C[Si](C)C.C[Si](C)C.C[Si](C)C.C[Si](C)C.[Ge].[Ge].[K+].[K+]. The van der Waals surface area contributed by atoms with Crippen LogP contribution >= 0.6 is 0 Å². The van der Waals surface area contributed by atoms with Crippen LogP contribution in [-0.4, -0.2) is 88.0 Å². The van der Waals surface area contributed by atoms with Gasteiger partial charge in [-0.1, -0.05) is 118 Å². The largest absolute Gasteiger partial charge is 1.00 e. The van der Waals surface area contributed by atoms with Gasteiger partial charge in [0.2, 0.25) is 0 Å². The Labute approximate surface area is 302 Å². The molecule has 158 valence electrons. The molecule has 10 heteroatoms. The molecule has 0 saturated carbocycles. The third-order valence-corrected chi connectivity index (χ3v) is 0. The van der Waals surface area contributed by atoms with Gasteiger partial charge in [-0.15, -0.1) is 0 Å². The smallest absolute Gasteiger partial charge is 0.0715 e. The van der Waals surface area contributed by atoms with Gasteiger partial charge in [0, 0.05) is 88.0 Å². The van der Waals surface area contributed by atoms with Crippen molar-refractivity contribution in [3.8, 4) is 0 Å². The van der Waals surface area contributed by atoms with E-state index in [4.69, 9.17) is 0 Å². The van der Waals surface area contributed by atoms with E-state index in [-0.39, 0.29) is 191 Å². The maximum Gasteiger partial charge on any atom is 1.00 e. The quantitative estimate of drug-likeness (QED) is 0.345. The fourth-order valence-corrected chi connectivity index (χ4v) is 0. The first-order valence-electron chi connectivity index (χ1n) is 9.00. The Kier molecular flexibility index (Phi) is 134. The van der Waals surface area contributed by atoms with Crippen molar-refractivity contribution < 1.29 is 103 Å². The standard InChI is InChI=1S/6C3H9Si.2Ge.2K/c6*1-4(2)3;;;;/h6*1-3H3;;;;/q;;;;;;;;2*+1. The van der Waals surface area contributed by atoms with Crippen LogP contribution < -0.4 is 103 Å². The summed E-state index contributed by atoms with van der Waals surface area (Å²) in [7, 11) is 0.722. The van der Waals surface area contributed by atoms with Crippen molar-refractivity contribution in [2.45, 2.75) is 118 Å². The number of hydrogen-bond donors (Lipinski definition) is 0. The van der Waals surface area contributed by atoms with Crippen LogP contribution in [0, 0.1) is 0 Å². The molecule has 0 fully saturated rings. The van der Waals surface area contributed by atoms with E-state index in [9.17, 15) is 0 Å². The topological polar surface area (TPSA) is 0 Å². The summed E-state index contributed by atoms with van der Waals surface area (Å²) >= 11 is 0. The molecule has 0 nitrogen and oxygen atoms in total. The van der Waals surface area contributed by atoms with Gasteiger partial charge in [-0.2, -0.15) is 0 Å². The third kappa shape index (κ3) is 929. The molecule has 0 aliphatic heterocycles. The maximum atomic E-state index is 2.27. The van der Waals surface area contributed by atoms with Crippen molar-refractivity contribution in [1.82, 2.24) is 0 Å². The van der Waals surface area contributed by atoms with Crippen LogP contribution in [0.15, 0.2) is 0 Å². The summed E-state index contributed by atoms with van der Waals surface area (Å²) < 4.78 is 0. The summed E-state index contributed by atoms with van der Waals surface area (Å²) in [5.74, 6) is 0. The molecule has 0 amide bonds. The van der Waals surface area contributed by atoms with Gasteiger partial charge in [0.15, 0.2) is 0 Å². The molecule has 0 N–H and O–H groups in total. The van der Waals surface area contributed by atoms with Crippen molar-refractivity contribution in [2.24, 2.45) is 0 Å². The molecule has 0 atom stereocenters. The van der Waals surface area contributed by atoms with Crippen molar-refractivity contribution in [2.75, 3.05) is 0 Å². The fourth-order valence-electron chi connectivity index (χ4n) is 0. The van der Waals surface area contributed by atoms with Crippen molar-refractivity contribution in [3.63, 3.8) is 0 Å². The Morgan fingerprint density at radius 2 is 0.214 bits per heavy atom. The van der Waals surface area contributed by atoms with Crippen LogP contribution in [0.5, 0.6) is 0 Å². The van der Waals surface area contributed by atoms with E-state index in [1.165, 1.54) is 0 Å². The first-order valence-corrected chi connectivity index (χ1v) is 27.0. The first kappa shape index (κ1) is 64.1. The minimum Gasteiger partial charge on any atom is -0.0715 e. The average molecular weight is 663 g/mol. The zero-order valence-corrected chi connectivity index (χ0v) is 40.4. The zero-order chi connectivity index (χ0) is 21.5. The van der Waals surface area contributed by atoms with Gasteiger partial charge >= 0.3 is 103 Å². The minimum absolute atomic E-state index is 0. The van der Waals surface area contributed by atoms with E-state index < -0.39 is 0 Å². The molecular weight excluding hydrogens is 608 g/mol. The molecule has 0 bridgehead atoms. The molecule has 28 heavy (non-hydrogen) atoms. The molecule has 0 heterocycles. The zero-order valence-electron chi connectivity index (χ0n) is 24.0. The third-order valence-electron chi connectivity index (χ3n) is 0. The van der Waals surface area contributed by atoms with Crippen LogP contribution in [0.2, 0.25) is 118 Å². The Hall–Kier alpha value is 5.66. The first-order chi connectivity index (χ1) is 10.4. The normalized spacial score (nSPS) is 7.71. The van der Waals surface area contributed by atoms with Gasteiger partial charge in [0.1, 0.15) is 0 Å². The van der Waals surface area contributed by atoms with E-state index in [1.54, 1.807) is 0 Å². The summed E-state index contributed by atoms with van der Waals surface area (Å²) in [5.41, 5.74) is 0. The summed E-state index contributed by atoms with van der Waals surface area (Å²) in [6, 6.07) is 0. The van der Waals surface area contributed by atoms with Crippen molar-refractivity contribution in [1.29, 1.82) is 0 Å². The average Bonchev–Trinajstić information content (AvgIpc) is 2.08. The van der Waals surface area contributed by atoms with Crippen LogP contribution in [-0.2, 0) is 0 Å². The van der Waals surface area contributed by atoms with Crippen molar-refractivity contribution in [3.05, 3.63) is 0 Å². The minimum atomic E-state index is 0.